The molecule has 0 unspecified atom stereocenters. The Bertz CT molecular complexity index is 149. The van der Waals surface area contributed by atoms with Crippen molar-refractivity contribution in [2.45, 2.75) is 19.4 Å². The highest BCUT2D eigenvalue weighted by Crippen LogP contribution is 2.06. The second-order valence-corrected chi connectivity index (χ2v) is 2.74. The van der Waals surface area contributed by atoms with Crippen LogP contribution in [0.25, 0.3) is 0 Å². The fourth-order valence-corrected chi connectivity index (χ4v) is 1.38. The number of hydrogen-bond donors (Lipinski definition) is 2. The third kappa shape index (κ3) is 1.83. The first kappa shape index (κ1) is 8.33. The lowest BCUT2D eigenvalue weighted by Crippen LogP contribution is -2.52. The number of carbonyl (C=O) groups is 1. The molecule has 1 rings (SSSR count). The molecule has 0 saturated carbocycles. The van der Waals surface area contributed by atoms with Gasteiger partial charge in [-0.25, -0.2) is 4.79 Å². The lowest BCUT2D eigenvalue weighted by Gasteiger charge is -2.33. The molecule has 64 valence electrons. The van der Waals surface area contributed by atoms with Crippen molar-refractivity contribution in [1.82, 2.24) is 10.2 Å². The van der Waals surface area contributed by atoms with Crippen LogP contribution in [-0.4, -0.2) is 41.8 Å². The molecule has 1 heterocycles. The number of rotatable bonds is 1. The van der Waals surface area contributed by atoms with Crippen molar-refractivity contribution in [2.24, 2.45) is 0 Å². The van der Waals surface area contributed by atoms with Crippen molar-refractivity contribution in [1.29, 1.82) is 0 Å². The van der Waals surface area contributed by atoms with E-state index in [1.54, 1.807) is 0 Å². The molecule has 0 aromatic rings. The Hall–Kier alpha value is -0.770. The van der Waals surface area contributed by atoms with Gasteiger partial charge in [0, 0.05) is 25.7 Å². The first-order valence-electron chi connectivity index (χ1n) is 3.96. The zero-order valence-corrected chi connectivity index (χ0v) is 6.71. The molecular weight excluding hydrogens is 144 g/mol. The monoisotopic (exact) mass is 158 g/mol. The van der Waals surface area contributed by atoms with Gasteiger partial charge in [0.1, 0.15) is 0 Å². The standard InChI is InChI=1S/C7H14N2O2/c1-2-6-5-8-3-4-9(6)7(10)11/h6,8H,2-5H2,1H3,(H,10,11)/t6-/m0/s1. The normalized spacial score (nSPS) is 25.2. The summed E-state index contributed by atoms with van der Waals surface area (Å²) in [4.78, 5) is 12.1. The predicted molar refractivity (Wildman–Crippen MR) is 41.7 cm³/mol. The molecule has 0 radical (unpaired) electrons. The molecule has 0 aromatic heterocycles. The first-order valence-corrected chi connectivity index (χ1v) is 3.96. The van der Waals surface area contributed by atoms with Crippen molar-refractivity contribution < 1.29 is 9.90 Å². The number of carboxylic acid groups (broad SMARTS) is 1. The molecule has 0 spiro atoms. The third-order valence-corrected chi connectivity index (χ3v) is 2.07. The summed E-state index contributed by atoms with van der Waals surface area (Å²) in [7, 11) is 0. The smallest absolute Gasteiger partial charge is 0.407 e. The van der Waals surface area contributed by atoms with Gasteiger partial charge in [-0.3, -0.25) is 0 Å². The highest BCUT2D eigenvalue weighted by Gasteiger charge is 2.23. The Morgan fingerprint density at radius 3 is 3.00 bits per heavy atom. The number of piperazine rings is 1. The van der Waals surface area contributed by atoms with Crippen LogP contribution in [0.4, 0.5) is 4.79 Å². The van der Waals surface area contributed by atoms with E-state index in [1.165, 1.54) is 4.90 Å². The minimum Gasteiger partial charge on any atom is -0.465 e. The molecule has 0 aromatic carbocycles. The second-order valence-electron chi connectivity index (χ2n) is 2.74. The van der Waals surface area contributed by atoms with Crippen LogP contribution in [0.3, 0.4) is 0 Å². The zero-order chi connectivity index (χ0) is 8.27. The largest absolute Gasteiger partial charge is 0.465 e. The second kappa shape index (κ2) is 3.57. The molecule has 1 amide bonds. The Kier molecular flexibility index (Phi) is 2.70. The van der Waals surface area contributed by atoms with Gasteiger partial charge in [0.2, 0.25) is 0 Å². The molecule has 1 atom stereocenters. The molecule has 2 N–H and O–H groups in total. The van der Waals surface area contributed by atoms with Crippen LogP contribution in [-0.2, 0) is 0 Å². The van der Waals surface area contributed by atoms with Gasteiger partial charge >= 0.3 is 6.09 Å². The van der Waals surface area contributed by atoms with Crippen molar-refractivity contribution >= 4 is 6.09 Å². The Balaban J connectivity index is 2.51. The SMILES string of the molecule is CC[C@H]1CNCCN1C(=O)O. The quantitative estimate of drug-likeness (QED) is 0.579. The summed E-state index contributed by atoms with van der Waals surface area (Å²) < 4.78 is 0. The van der Waals surface area contributed by atoms with Crippen LogP contribution in [0.1, 0.15) is 13.3 Å². The van der Waals surface area contributed by atoms with Gasteiger partial charge in [-0.05, 0) is 6.42 Å². The van der Waals surface area contributed by atoms with Crippen LogP contribution < -0.4 is 5.32 Å². The van der Waals surface area contributed by atoms with E-state index in [0.717, 1.165) is 19.5 Å². The van der Waals surface area contributed by atoms with E-state index < -0.39 is 6.09 Å². The minimum atomic E-state index is -0.793. The molecule has 11 heavy (non-hydrogen) atoms. The number of amides is 1. The van der Waals surface area contributed by atoms with Gasteiger partial charge in [0.25, 0.3) is 0 Å². The van der Waals surface area contributed by atoms with Crippen molar-refractivity contribution in [2.75, 3.05) is 19.6 Å². The number of hydrogen-bond acceptors (Lipinski definition) is 2. The van der Waals surface area contributed by atoms with E-state index in [0.29, 0.717) is 6.54 Å². The molecule has 1 saturated heterocycles. The first-order chi connectivity index (χ1) is 5.25. The summed E-state index contributed by atoms with van der Waals surface area (Å²) in [6, 6.07) is 0.168. The number of nitrogens with one attached hydrogen (secondary N) is 1. The molecule has 4 nitrogen and oxygen atoms in total. The third-order valence-electron chi connectivity index (χ3n) is 2.07. The van der Waals surface area contributed by atoms with Crippen LogP contribution in [0.2, 0.25) is 0 Å². The van der Waals surface area contributed by atoms with Crippen LogP contribution in [0, 0.1) is 0 Å². The van der Waals surface area contributed by atoms with E-state index in [2.05, 4.69) is 5.32 Å². The van der Waals surface area contributed by atoms with Gasteiger partial charge in [-0.1, -0.05) is 6.92 Å². The Morgan fingerprint density at radius 1 is 1.82 bits per heavy atom. The fourth-order valence-electron chi connectivity index (χ4n) is 1.38. The maximum absolute atomic E-state index is 10.6. The highest BCUT2D eigenvalue weighted by molar-refractivity contribution is 5.65. The van der Waals surface area contributed by atoms with Crippen molar-refractivity contribution in [3.63, 3.8) is 0 Å². The number of nitrogens with zero attached hydrogens (tertiary/aromatic N) is 1. The summed E-state index contributed by atoms with van der Waals surface area (Å²) in [5.41, 5.74) is 0. The topological polar surface area (TPSA) is 52.6 Å². The van der Waals surface area contributed by atoms with Crippen LogP contribution >= 0.6 is 0 Å². The molecule has 1 aliphatic heterocycles. The van der Waals surface area contributed by atoms with Gasteiger partial charge in [-0.15, -0.1) is 0 Å². The maximum atomic E-state index is 10.6. The molecular formula is C7H14N2O2. The van der Waals surface area contributed by atoms with Gasteiger partial charge < -0.3 is 15.3 Å². The Labute approximate surface area is 66.2 Å². The summed E-state index contributed by atoms with van der Waals surface area (Å²) >= 11 is 0. The predicted octanol–water partition coefficient (Wildman–Crippen LogP) is 0.348. The van der Waals surface area contributed by atoms with Crippen molar-refractivity contribution in [3.8, 4) is 0 Å². The summed E-state index contributed by atoms with van der Waals surface area (Å²) in [5, 5.41) is 11.9. The summed E-state index contributed by atoms with van der Waals surface area (Å²) in [5.74, 6) is 0. The van der Waals surface area contributed by atoms with E-state index in [-0.39, 0.29) is 6.04 Å². The zero-order valence-electron chi connectivity index (χ0n) is 6.71. The Morgan fingerprint density at radius 2 is 2.55 bits per heavy atom. The average molecular weight is 158 g/mol. The molecule has 4 heteroatoms. The summed E-state index contributed by atoms with van der Waals surface area (Å²) in [6.45, 7) is 4.20. The molecule has 0 aliphatic carbocycles. The van der Waals surface area contributed by atoms with Gasteiger partial charge in [0.15, 0.2) is 0 Å². The minimum absolute atomic E-state index is 0.168. The van der Waals surface area contributed by atoms with E-state index >= 15 is 0 Å². The fraction of sp³-hybridized carbons (Fsp3) is 0.857. The lowest BCUT2D eigenvalue weighted by atomic mass is 10.1. The van der Waals surface area contributed by atoms with E-state index in [1.807, 2.05) is 6.92 Å². The molecule has 1 fully saturated rings. The van der Waals surface area contributed by atoms with Gasteiger partial charge in [0.05, 0.1) is 0 Å². The van der Waals surface area contributed by atoms with E-state index in [9.17, 15) is 4.79 Å². The summed E-state index contributed by atoms with van der Waals surface area (Å²) in [6.07, 6.45) is 0.0950. The van der Waals surface area contributed by atoms with Crippen molar-refractivity contribution in [3.05, 3.63) is 0 Å². The highest BCUT2D eigenvalue weighted by atomic mass is 16.4. The van der Waals surface area contributed by atoms with Crippen LogP contribution in [0.5, 0.6) is 0 Å². The van der Waals surface area contributed by atoms with Crippen LogP contribution in [0.15, 0.2) is 0 Å². The van der Waals surface area contributed by atoms with E-state index in [4.69, 9.17) is 5.11 Å². The maximum Gasteiger partial charge on any atom is 0.407 e. The average Bonchev–Trinajstić information content (AvgIpc) is 2.04. The lowest BCUT2D eigenvalue weighted by molar-refractivity contribution is 0.111. The molecule has 0 bridgehead atoms. The molecule has 1 aliphatic rings. The van der Waals surface area contributed by atoms with Gasteiger partial charge in [-0.2, -0.15) is 0 Å².